The number of aliphatic imine (C=N–C) groups is 1. The second-order valence-electron chi connectivity index (χ2n) is 6.99. The molecule has 3 rings (SSSR count). The van der Waals surface area contributed by atoms with Crippen LogP contribution in [0.15, 0.2) is 47.6 Å². The molecule has 0 unspecified atom stereocenters. The van der Waals surface area contributed by atoms with E-state index in [9.17, 15) is 0 Å². The van der Waals surface area contributed by atoms with Crippen LogP contribution in [0.2, 0.25) is 5.02 Å². The summed E-state index contributed by atoms with van der Waals surface area (Å²) in [4.78, 5) is 14.0. The number of pyridine rings is 1. The molecule has 158 valence electrons. The Bertz CT molecular complexity index is 775. The fraction of sp³-hybridized carbons (Fsp3) is 0.429. The van der Waals surface area contributed by atoms with Crippen LogP contribution in [0.25, 0.3) is 0 Å². The van der Waals surface area contributed by atoms with Crippen LogP contribution in [-0.4, -0.2) is 55.6 Å². The first-order valence-corrected chi connectivity index (χ1v) is 10.2. The van der Waals surface area contributed by atoms with Crippen molar-refractivity contribution >= 4 is 47.4 Å². The Hall–Kier alpha value is -1.58. The normalized spacial score (nSPS) is 15.0. The van der Waals surface area contributed by atoms with Gasteiger partial charge in [0.2, 0.25) is 0 Å². The maximum absolute atomic E-state index is 5.95. The zero-order valence-electron chi connectivity index (χ0n) is 17.1. The molecule has 2 aromatic rings. The second kappa shape index (κ2) is 12.2. The molecule has 0 amide bonds. The van der Waals surface area contributed by atoms with Crippen LogP contribution in [-0.2, 0) is 13.1 Å². The number of aromatic nitrogens is 1. The fourth-order valence-corrected chi connectivity index (χ4v) is 3.19. The molecule has 6 nitrogen and oxygen atoms in total. The third-order valence-electron chi connectivity index (χ3n) is 4.77. The average molecular weight is 529 g/mol. The minimum Gasteiger partial charge on any atom is -0.357 e. The van der Waals surface area contributed by atoms with Gasteiger partial charge in [0.05, 0.1) is 6.54 Å². The maximum Gasteiger partial charge on any atom is 0.191 e. The topological polar surface area (TPSA) is 55.8 Å². The molecule has 29 heavy (non-hydrogen) atoms. The SMILES string of the molecule is CCNC(=NCc1ccnc(N2CCN(C)CC2)c1)NCc1ccc(Cl)cc1.I. The van der Waals surface area contributed by atoms with Gasteiger partial charge < -0.3 is 20.4 Å². The van der Waals surface area contributed by atoms with Crippen LogP contribution in [0, 0.1) is 0 Å². The second-order valence-corrected chi connectivity index (χ2v) is 7.42. The van der Waals surface area contributed by atoms with Gasteiger partial charge >= 0.3 is 0 Å². The van der Waals surface area contributed by atoms with Gasteiger partial charge in [-0.15, -0.1) is 24.0 Å². The lowest BCUT2D eigenvalue weighted by Gasteiger charge is -2.33. The van der Waals surface area contributed by atoms with E-state index in [1.807, 2.05) is 36.5 Å². The standard InChI is InChI=1S/C21H29ClN6.HI/c1-3-23-21(25-15-17-4-6-19(22)7-5-17)26-16-18-8-9-24-20(14-18)28-12-10-27(2)11-13-28;/h4-9,14H,3,10-13,15-16H2,1-2H3,(H2,23,25,26);1H. The molecule has 0 bridgehead atoms. The van der Waals surface area contributed by atoms with Crippen LogP contribution in [0.3, 0.4) is 0 Å². The number of likely N-dealkylation sites (N-methyl/N-ethyl adjacent to an activating group) is 1. The van der Waals surface area contributed by atoms with Crippen LogP contribution in [0.1, 0.15) is 18.1 Å². The molecule has 0 atom stereocenters. The van der Waals surface area contributed by atoms with E-state index >= 15 is 0 Å². The van der Waals surface area contributed by atoms with Crippen molar-refractivity contribution in [3.8, 4) is 0 Å². The number of benzene rings is 1. The summed E-state index contributed by atoms with van der Waals surface area (Å²) >= 11 is 5.95. The summed E-state index contributed by atoms with van der Waals surface area (Å²) < 4.78 is 0. The van der Waals surface area contributed by atoms with Crippen LogP contribution in [0.5, 0.6) is 0 Å². The van der Waals surface area contributed by atoms with Gasteiger partial charge in [0.1, 0.15) is 5.82 Å². The number of hydrogen-bond acceptors (Lipinski definition) is 4. The first-order valence-electron chi connectivity index (χ1n) is 9.79. The molecule has 0 radical (unpaired) electrons. The highest BCUT2D eigenvalue weighted by Gasteiger charge is 2.15. The Morgan fingerprint density at radius 3 is 2.48 bits per heavy atom. The number of piperazine rings is 1. The first-order chi connectivity index (χ1) is 13.6. The van der Waals surface area contributed by atoms with Gasteiger partial charge in [-0.3, -0.25) is 0 Å². The van der Waals surface area contributed by atoms with Crippen molar-refractivity contribution in [2.75, 3.05) is 44.7 Å². The van der Waals surface area contributed by atoms with Crippen molar-refractivity contribution in [3.05, 3.63) is 58.7 Å². The van der Waals surface area contributed by atoms with Crippen molar-refractivity contribution in [2.45, 2.75) is 20.0 Å². The van der Waals surface area contributed by atoms with Gasteiger partial charge in [0.25, 0.3) is 0 Å². The Morgan fingerprint density at radius 1 is 1.07 bits per heavy atom. The number of nitrogens with one attached hydrogen (secondary N) is 2. The van der Waals surface area contributed by atoms with Crippen molar-refractivity contribution in [1.82, 2.24) is 20.5 Å². The lowest BCUT2D eigenvalue weighted by Crippen LogP contribution is -2.44. The van der Waals surface area contributed by atoms with E-state index in [0.717, 1.165) is 60.7 Å². The summed E-state index contributed by atoms with van der Waals surface area (Å²) in [7, 11) is 2.16. The molecule has 1 aromatic carbocycles. The summed E-state index contributed by atoms with van der Waals surface area (Å²) in [5.41, 5.74) is 2.32. The van der Waals surface area contributed by atoms with E-state index < -0.39 is 0 Å². The van der Waals surface area contributed by atoms with Crippen LogP contribution < -0.4 is 15.5 Å². The van der Waals surface area contributed by atoms with E-state index in [1.165, 1.54) is 0 Å². The van der Waals surface area contributed by atoms with Crippen LogP contribution >= 0.6 is 35.6 Å². The summed E-state index contributed by atoms with van der Waals surface area (Å²) in [6, 6.07) is 12.0. The molecule has 0 aliphatic carbocycles. The van der Waals surface area contributed by atoms with E-state index in [2.05, 4.69) is 45.5 Å². The zero-order chi connectivity index (χ0) is 19.8. The van der Waals surface area contributed by atoms with Crippen molar-refractivity contribution in [1.29, 1.82) is 0 Å². The lowest BCUT2D eigenvalue weighted by molar-refractivity contribution is 0.312. The summed E-state index contributed by atoms with van der Waals surface area (Å²) in [5, 5.41) is 7.42. The smallest absolute Gasteiger partial charge is 0.191 e. The van der Waals surface area contributed by atoms with Gasteiger partial charge in [-0.2, -0.15) is 0 Å². The molecule has 8 heteroatoms. The molecule has 2 heterocycles. The Morgan fingerprint density at radius 2 is 1.79 bits per heavy atom. The molecule has 0 spiro atoms. The highest BCUT2D eigenvalue weighted by atomic mass is 127. The lowest BCUT2D eigenvalue weighted by atomic mass is 10.2. The quantitative estimate of drug-likeness (QED) is 0.342. The summed E-state index contributed by atoms with van der Waals surface area (Å²) in [6.45, 7) is 8.37. The highest BCUT2D eigenvalue weighted by molar-refractivity contribution is 14.0. The van der Waals surface area contributed by atoms with E-state index in [1.54, 1.807) is 0 Å². The molecular formula is C21H30ClIN6. The molecule has 1 aliphatic rings. The Balaban J connectivity index is 0.00000300. The number of nitrogens with zero attached hydrogens (tertiary/aromatic N) is 4. The monoisotopic (exact) mass is 528 g/mol. The van der Waals surface area contributed by atoms with Gasteiger partial charge in [0.15, 0.2) is 5.96 Å². The van der Waals surface area contributed by atoms with Crippen molar-refractivity contribution < 1.29 is 0 Å². The number of hydrogen-bond donors (Lipinski definition) is 2. The number of halogens is 2. The third-order valence-corrected chi connectivity index (χ3v) is 5.03. The van der Waals surface area contributed by atoms with Crippen molar-refractivity contribution in [2.24, 2.45) is 4.99 Å². The van der Waals surface area contributed by atoms with Crippen molar-refractivity contribution in [3.63, 3.8) is 0 Å². The average Bonchev–Trinajstić information content (AvgIpc) is 2.72. The Labute approximate surface area is 195 Å². The van der Waals surface area contributed by atoms with E-state index in [0.29, 0.717) is 13.1 Å². The zero-order valence-corrected chi connectivity index (χ0v) is 20.2. The minimum atomic E-state index is 0. The maximum atomic E-state index is 5.95. The molecule has 0 saturated carbocycles. The predicted octanol–water partition coefficient (Wildman–Crippen LogP) is 3.36. The molecule has 1 fully saturated rings. The van der Waals surface area contributed by atoms with E-state index in [4.69, 9.17) is 16.6 Å². The molecule has 2 N–H and O–H groups in total. The van der Waals surface area contributed by atoms with Gasteiger partial charge in [-0.1, -0.05) is 23.7 Å². The first kappa shape index (κ1) is 23.7. The fourth-order valence-electron chi connectivity index (χ4n) is 3.07. The van der Waals surface area contributed by atoms with Gasteiger partial charge in [-0.25, -0.2) is 9.98 Å². The number of guanidine groups is 1. The third kappa shape index (κ3) is 7.64. The predicted molar refractivity (Wildman–Crippen MR) is 132 cm³/mol. The highest BCUT2D eigenvalue weighted by Crippen LogP contribution is 2.15. The minimum absolute atomic E-state index is 0. The molecule has 1 aromatic heterocycles. The number of rotatable bonds is 6. The van der Waals surface area contributed by atoms with Gasteiger partial charge in [0, 0.05) is 50.5 Å². The molecule has 1 aliphatic heterocycles. The molecular weight excluding hydrogens is 499 g/mol. The van der Waals surface area contributed by atoms with Crippen LogP contribution in [0.4, 0.5) is 5.82 Å². The van der Waals surface area contributed by atoms with E-state index in [-0.39, 0.29) is 24.0 Å². The number of anilines is 1. The largest absolute Gasteiger partial charge is 0.357 e. The summed E-state index contributed by atoms with van der Waals surface area (Å²) in [5.74, 6) is 1.84. The Kier molecular flexibility index (Phi) is 9.96. The van der Waals surface area contributed by atoms with Gasteiger partial charge in [-0.05, 0) is 49.4 Å². The molecule has 1 saturated heterocycles. The summed E-state index contributed by atoms with van der Waals surface area (Å²) in [6.07, 6.45) is 1.88.